The minimum absolute atomic E-state index is 0.0727. The lowest BCUT2D eigenvalue weighted by atomic mass is 10.0. The lowest BCUT2D eigenvalue weighted by Gasteiger charge is -2.09. The van der Waals surface area contributed by atoms with E-state index in [2.05, 4.69) is 15.9 Å². The number of carbonyl (C=O) groups is 1. The van der Waals surface area contributed by atoms with Crippen molar-refractivity contribution in [1.29, 1.82) is 0 Å². The molecule has 0 aliphatic rings. The summed E-state index contributed by atoms with van der Waals surface area (Å²) in [6, 6.07) is 16.7. The number of benzene rings is 2. The van der Waals surface area contributed by atoms with E-state index in [0.717, 1.165) is 11.1 Å². The third-order valence-corrected chi connectivity index (χ3v) is 6.97. The third-order valence-electron chi connectivity index (χ3n) is 3.20. The highest BCUT2D eigenvalue weighted by atomic mass is 79.9. The topological polar surface area (TPSA) is 51.2 Å². The van der Waals surface area contributed by atoms with Crippen LogP contribution >= 0.6 is 15.9 Å². The lowest BCUT2D eigenvalue weighted by Crippen LogP contribution is -2.26. The van der Waals surface area contributed by atoms with Gasteiger partial charge in [0.25, 0.3) is 0 Å². The smallest absolute Gasteiger partial charge is 0.191 e. The summed E-state index contributed by atoms with van der Waals surface area (Å²) in [6.45, 7) is 1.52. The second-order valence-corrected chi connectivity index (χ2v) is 8.47. The van der Waals surface area contributed by atoms with Crippen molar-refractivity contribution in [2.75, 3.05) is 5.75 Å². The Morgan fingerprint density at radius 2 is 1.52 bits per heavy atom. The number of hydrogen-bond acceptors (Lipinski definition) is 3. The Morgan fingerprint density at radius 1 is 1.00 bits per heavy atom. The number of halogens is 1. The molecule has 0 saturated heterocycles. The van der Waals surface area contributed by atoms with Crippen LogP contribution in [0.2, 0.25) is 0 Å². The van der Waals surface area contributed by atoms with Crippen molar-refractivity contribution in [3.8, 4) is 11.1 Å². The molecular formula is C16H15BrO3S. The predicted octanol–water partition coefficient (Wildman–Crippen LogP) is 3.69. The molecule has 0 aliphatic heterocycles. The summed E-state index contributed by atoms with van der Waals surface area (Å²) in [5.41, 5.74) is 2.42. The summed E-state index contributed by atoms with van der Waals surface area (Å²) in [6.07, 6.45) is 0. The van der Waals surface area contributed by atoms with Crippen molar-refractivity contribution < 1.29 is 13.2 Å². The molecule has 1 unspecified atom stereocenters. The maximum Gasteiger partial charge on any atom is 0.191 e. The lowest BCUT2D eigenvalue weighted by molar-refractivity contribution is 0.101. The maximum atomic E-state index is 12.2. The predicted molar refractivity (Wildman–Crippen MR) is 88.4 cm³/mol. The van der Waals surface area contributed by atoms with Crippen molar-refractivity contribution in [3.63, 3.8) is 0 Å². The number of sulfone groups is 1. The fourth-order valence-corrected chi connectivity index (χ4v) is 3.71. The Kier molecular flexibility index (Phi) is 4.96. The van der Waals surface area contributed by atoms with E-state index in [1.54, 1.807) is 12.1 Å². The summed E-state index contributed by atoms with van der Waals surface area (Å²) in [5.74, 6) is -0.506. The molecule has 21 heavy (non-hydrogen) atoms. The van der Waals surface area contributed by atoms with Crippen LogP contribution in [0.25, 0.3) is 11.1 Å². The molecule has 0 N–H and O–H groups in total. The van der Waals surface area contributed by atoms with Crippen LogP contribution in [0.15, 0.2) is 54.6 Å². The molecule has 0 bridgehead atoms. The van der Waals surface area contributed by atoms with E-state index in [1.807, 2.05) is 42.5 Å². The van der Waals surface area contributed by atoms with E-state index >= 15 is 0 Å². The van der Waals surface area contributed by atoms with Crippen molar-refractivity contribution >= 4 is 31.6 Å². The minimum atomic E-state index is -3.44. The van der Waals surface area contributed by atoms with Crippen LogP contribution in [0.1, 0.15) is 17.3 Å². The van der Waals surface area contributed by atoms with Crippen LogP contribution in [0, 0.1) is 0 Å². The average Bonchev–Trinajstić information content (AvgIpc) is 2.54. The molecule has 0 amide bonds. The number of hydrogen-bond donors (Lipinski definition) is 0. The summed E-state index contributed by atoms with van der Waals surface area (Å²) in [7, 11) is -3.44. The summed E-state index contributed by atoms with van der Waals surface area (Å²) in [4.78, 5) is 12.2. The van der Waals surface area contributed by atoms with Crippen LogP contribution in [0.3, 0.4) is 0 Å². The van der Waals surface area contributed by atoms with Gasteiger partial charge in [-0.25, -0.2) is 8.42 Å². The van der Waals surface area contributed by atoms with Gasteiger partial charge in [0, 0.05) is 11.3 Å². The zero-order valence-electron chi connectivity index (χ0n) is 11.5. The molecular weight excluding hydrogens is 352 g/mol. The summed E-state index contributed by atoms with van der Waals surface area (Å²) < 4.78 is 22.3. The first-order valence-corrected chi connectivity index (χ1v) is 9.14. The van der Waals surface area contributed by atoms with Gasteiger partial charge in [-0.2, -0.15) is 0 Å². The van der Waals surface area contributed by atoms with E-state index in [-0.39, 0.29) is 5.75 Å². The van der Waals surface area contributed by atoms with Crippen molar-refractivity contribution in [1.82, 2.24) is 0 Å². The van der Waals surface area contributed by atoms with Crippen LogP contribution < -0.4 is 0 Å². The van der Waals surface area contributed by atoms with Gasteiger partial charge in [-0.05, 0) is 11.1 Å². The quantitative estimate of drug-likeness (QED) is 0.598. The molecule has 2 rings (SSSR count). The highest BCUT2D eigenvalue weighted by Crippen LogP contribution is 2.22. The molecule has 0 aromatic heterocycles. The molecule has 0 fully saturated rings. The molecule has 2 aromatic carbocycles. The first-order chi connectivity index (χ1) is 9.95. The maximum absolute atomic E-state index is 12.2. The van der Waals surface area contributed by atoms with Gasteiger partial charge in [0.1, 0.15) is 0 Å². The standard InChI is InChI=1S/C16H15BrO3S/c1-2-21(19,20)16(17)15(18)14-10-8-13(9-11-14)12-6-4-3-5-7-12/h3-11,16H,2H2,1H3. The zero-order chi connectivity index (χ0) is 15.5. The molecule has 3 nitrogen and oxygen atoms in total. The first kappa shape index (κ1) is 15.9. The first-order valence-electron chi connectivity index (χ1n) is 6.51. The fraction of sp³-hybridized carbons (Fsp3) is 0.188. The largest absolute Gasteiger partial charge is 0.292 e. The molecule has 5 heteroatoms. The van der Waals surface area contributed by atoms with Gasteiger partial charge < -0.3 is 0 Å². The Bertz CT molecular complexity index is 722. The van der Waals surface area contributed by atoms with E-state index in [4.69, 9.17) is 0 Å². The Balaban J connectivity index is 2.26. The van der Waals surface area contributed by atoms with E-state index in [1.165, 1.54) is 6.92 Å². The van der Waals surface area contributed by atoms with Gasteiger partial charge in [-0.15, -0.1) is 0 Å². The van der Waals surface area contributed by atoms with E-state index in [0.29, 0.717) is 5.56 Å². The Labute approximate surface area is 133 Å². The second-order valence-electron chi connectivity index (χ2n) is 4.58. The molecule has 0 heterocycles. The highest BCUT2D eigenvalue weighted by Gasteiger charge is 2.28. The van der Waals surface area contributed by atoms with Crippen LogP contribution in [0.4, 0.5) is 0 Å². The zero-order valence-corrected chi connectivity index (χ0v) is 13.9. The number of Topliss-reactive ketones (excluding diaryl/α,β-unsaturated/α-hetero) is 1. The molecule has 110 valence electrons. The van der Waals surface area contributed by atoms with E-state index in [9.17, 15) is 13.2 Å². The van der Waals surface area contributed by atoms with Crippen LogP contribution in [-0.4, -0.2) is 24.1 Å². The van der Waals surface area contributed by atoms with Gasteiger partial charge in [0.2, 0.25) is 0 Å². The van der Waals surface area contributed by atoms with Gasteiger partial charge in [0.15, 0.2) is 19.8 Å². The molecule has 0 radical (unpaired) electrons. The number of alkyl halides is 1. The van der Waals surface area contributed by atoms with Gasteiger partial charge in [-0.1, -0.05) is 77.5 Å². The number of ketones is 1. The monoisotopic (exact) mass is 366 g/mol. The summed E-state index contributed by atoms with van der Waals surface area (Å²) >= 11 is 2.99. The second kappa shape index (κ2) is 6.54. The van der Waals surface area contributed by atoms with Gasteiger partial charge >= 0.3 is 0 Å². The molecule has 1 atom stereocenters. The third kappa shape index (κ3) is 3.60. The minimum Gasteiger partial charge on any atom is -0.292 e. The van der Waals surface area contributed by atoms with Crippen LogP contribution in [-0.2, 0) is 9.84 Å². The number of carbonyl (C=O) groups excluding carboxylic acids is 1. The van der Waals surface area contributed by atoms with E-state index < -0.39 is 19.8 Å². The molecule has 0 saturated carbocycles. The molecule has 2 aromatic rings. The fourth-order valence-electron chi connectivity index (χ4n) is 1.90. The Morgan fingerprint density at radius 3 is 2.05 bits per heavy atom. The number of rotatable bonds is 5. The summed E-state index contributed by atoms with van der Waals surface area (Å²) in [5, 5.41) is 0. The van der Waals surface area contributed by atoms with Crippen LogP contribution in [0.5, 0.6) is 0 Å². The SMILES string of the molecule is CCS(=O)(=O)C(Br)C(=O)c1ccc(-c2ccccc2)cc1. The molecule has 0 spiro atoms. The van der Waals surface area contributed by atoms with Crippen molar-refractivity contribution in [2.45, 2.75) is 11.1 Å². The Hall–Kier alpha value is -1.46. The van der Waals surface area contributed by atoms with Crippen molar-refractivity contribution in [2.24, 2.45) is 0 Å². The van der Waals surface area contributed by atoms with Crippen molar-refractivity contribution in [3.05, 3.63) is 60.2 Å². The van der Waals surface area contributed by atoms with Gasteiger partial charge in [-0.3, -0.25) is 4.79 Å². The average molecular weight is 367 g/mol. The van der Waals surface area contributed by atoms with Gasteiger partial charge in [0.05, 0.1) is 0 Å². The highest BCUT2D eigenvalue weighted by molar-refractivity contribution is 9.11. The molecule has 0 aliphatic carbocycles. The normalized spacial score (nSPS) is 12.9.